The number of nitro groups is 1. The summed E-state index contributed by atoms with van der Waals surface area (Å²) >= 11 is 0. The van der Waals surface area contributed by atoms with Crippen LogP contribution in [-0.2, 0) is 0 Å². The van der Waals surface area contributed by atoms with Crippen LogP contribution in [0.5, 0.6) is 5.75 Å². The van der Waals surface area contributed by atoms with Crippen molar-refractivity contribution in [2.45, 2.75) is 0 Å². The first-order valence-electron chi connectivity index (χ1n) is 6.31. The fourth-order valence-electron chi connectivity index (χ4n) is 1.80. The van der Waals surface area contributed by atoms with Crippen LogP contribution in [0.3, 0.4) is 0 Å². The molecule has 2 aromatic rings. The van der Waals surface area contributed by atoms with Crippen LogP contribution in [0.15, 0.2) is 48.5 Å². The number of rotatable bonds is 5. The number of hydrogen-bond acceptors (Lipinski definition) is 4. The highest BCUT2D eigenvalue weighted by molar-refractivity contribution is 6.06. The largest absolute Gasteiger partial charge is 0.494 e. The zero-order valence-corrected chi connectivity index (χ0v) is 11.7. The van der Waals surface area contributed by atoms with Crippen LogP contribution >= 0.6 is 0 Å². The molecule has 2 rings (SSSR count). The lowest BCUT2D eigenvalue weighted by Crippen LogP contribution is -1.95. The Balaban J connectivity index is 2.14. The van der Waals surface area contributed by atoms with Gasteiger partial charge in [-0.15, -0.1) is 0 Å². The average molecular weight is 301 g/mol. The maximum atomic E-state index is 13.5. The number of halogens is 1. The molecule has 0 radical (unpaired) electrons. The molecular formula is C16H12FNO4. The van der Waals surface area contributed by atoms with Crippen LogP contribution in [0.25, 0.3) is 6.08 Å². The van der Waals surface area contributed by atoms with Gasteiger partial charge in [-0.1, -0.05) is 12.1 Å². The molecule has 0 saturated heterocycles. The molecule has 0 aliphatic rings. The monoisotopic (exact) mass is 301 g/mol. The van der Waals surface area contributed by atoms with Crippen molar-refractivity contribution >= 4 is 17.5 Å². The molecule has 0 atom stereocenters. The molecule has 0 bridgehead atoms. The summed E-state index contributed by atoms with van der Waals surface area (Å²) in [5.74, 6) is -0.725. The van der Waals surface area contributed by atoms with Crippen molar-refractivity contribution in [1.29, 1.82) is 0 Å². The number of ether oxygens (including phenoxy) is 1. The molecule has 2 aromatic carbocycles. The summed E-state index contributed by atoms with van der Waals surface area (Å²) in [6, 6.07) is 9.59. The van der Waals surface area contributed by atoms with Gasteiger partial charge in [-0.3, -0.25) is 14.9 Å². The predicted octanol–water partition coefficient (Wildman–Crippen LogP) is 3.64. The molecule has 0 N–H and O–H groups in total. The van der Waals surface area contributed by atoms with E-state index in [-0.39, 0.29) is 17.2 Å². The Morgan fingerprint density at radius 3 is 2.45 bits per heavy atom. The second-order valence-corrected chi connectivity index (χ2v) is 4.40. The maximum absolute atomic E-state index is 13.5. The number of ketones is 1. The molecule has 0 heterocycles. The zero-order chi connectivity index (χ0) is 16.1. The summed E-state index contributed by atoms with van der Waals surface area (Å²) in [5.41, 5.74) is 0.738. The van der Waals surface area contributed by atoms with Gasteiger partial charge in [-0.2, -0.15) is 0 Å². The van der Waals surface area contributed by atoms with E-state index in [0.29, 0.717) is 11.1 Å². The predicted molar refractivity (Wildman–Crippen MR) is 79.4 cm³/mol. The number of carbonyl (C=O) groups is 1. The van der Waals surface area contributed by atoms with Gasteiger partial charge in [-0.25, -0.2) is 4.39 Å². The number of non-ortho nitro benzene ring substituents is 1. The standard InChI is InChI=1S/C16H12FNO4/c1-22-16-9-3-11(10-14(16)17)2-8-15(19)12-4-6-13(7-5-12)18(20)21/h2-10H,1H3/b8-2+. The van der Waals surface area contributed by atoms with Crippen LogP contribution < -0.4 is 4.74 Å². The van der Waals surface area contributed by atoms with Gasteiger partial charge < -0.3 is 4.74 Å². The van der Waals surface area contributed by atoms with Crippen molar-refractivity contribution in [2.24, 2.45) is 0 Å². The van der Waals surface area contributed by atoms with Crippen molar-refractivity contribution < 1.29 is 18.8 Å². The first kappa shape index (κ1) is 15.4. The van der Waals surface area contributed by atoms with E-state index in [1.165, 1.54) is 55.7 Å². The van der Waals surface area contributed by atoms with Crippen molar-refractivity contribution in [2.75, 3.05) is 7.11 Å². The molecule has 0 amide bonds. The highest BCUT2D eigenvalue weighted by Crippen LogP contribution is 2.19. The minimum atomic E-state index is -0.537. The van der Waals surface area contributed by atoms with E-state index in [4.69, 9.17) is 4.74 Å². The Morgan fingerprint density at radius 1 is 1.23 bits per heavy atom. The van der Waals surface area contributed by atoms with Gasteiger partial charge in [0, 0.05) is 17.7 Å². The third-order valence-electron chi connectivity index (χ3n) is 2.97. The van der Waals surface area contributed by atoms with Crippen molar-refractivity contribution in [3.05, 3.63) is 75.6 Å². The van der Waals surface area contributed by atoms with Gasteiger partial charge in [0.1, 0.15) is 0 Å². The molecule has 0 saturated carbocycles. The number of allylic oxidation sites excluding steroid dienone is 1. The second kappa shape index (κ2) is 6.62. The number of methoxy groups -OCH3 is 1. The third-order valence-corrected chi connectivity index (χ3v) is 2.97. The number of benzene rings is 2. The van der Waals surface area contributed by atoms with Crippen LogP contribution in [0, 0.1) is 15.9 Å². The van der Waals surface area contributed by atoms with Crippen LogP contribution in [0.2, 0.25) is 0 Å². The minimum absolute atomic E-state index is 0.0854. The molecule has 0 spiro atoms. The SMILES string of the molecule is COc1ccc(/C=C/C(=O)c2ccc([N+](=O)[O-])cc2)cc1F. The lowest BCUT2D eigenvalue weighted by atomic mass is 10.1. The van der Waals surface area contributed by atoms with E-state index in [1.807, 2.05) is 0 Å². The molecule has 0 aliphatic carbocycles. The van der Waals surface area contributed by atoms with E-state index in [9.17, 15) is 19.3 Å². The number of hydrogen-bond donors (Lipinski definition) is 0. The molecule has 0 aliphatic heterocycles. The summed E-state index contributed by atoms with van der Waals surface area (Å²) in [5, 5.41) is 10.5. The summed E-state index contributed by atoms with van der Waals surface area (Å²) in [6.07, 6.45) is 2.74. The molecule has 0 unspecified atom stereocenters. The highest BCUT2D eigenvalue weighted by atomic mass is 19.1. The second-order valence-electron chi connectivity index (χ2n) is 4.40. The van der Waals surface area contributed by atoms with Crippen molar-refractivity contribution in [3.63, 3.8) is 0 Å². The van der Waals surface area contributed by atoms with Crippen LogP contribution in [-0.4, -0.2) is 17.8 Å². The molecule has 6 heteroatoms. The molecule has 0 fully saturated rings. The number of nitro benzene ring substituents is 1. The van der Waals surface area contributed by atoms with Gasteiger partial charge in [0.2, 0.25) is 0 Å². The van der Waals surface area contributed by atoms with Crippen molar-refractivity contribution in [3.8, 4) is 5.75 Å². The van der Waals surface area contributed by atoms with Crippen molar-refractivity contribution in [1.82, 2.24) is 0 Å². The third kappa shape index (κ3) is 3.54. The molecule has 5 nitrogen and oxygen atoms in total. The smallest absolute Gasteiger partial charge is 0.269 e. The Kier molecular flexibility index (Phi) is 4.63. The number of nitrogens with zero attached hydrogens (tertiary/aromatic N) is 1. The zero-order valence-electron chi connectivity index (χ0n) is 11.7. The van der Waals surface area contributed by atoms with Gasteiger partial charge in [0.25, 0.3) is 5.69 Å². The fourth-order valence-corrected chi connectivity index (χ4v) is 1.80. The van der Waals surface area contributed by atoms with Gasteiger partial charge in [0.15, 0.2) is 17.3 Å². The Bertz CT molecular complexity index is 738. The minimum Gasteiger partial charge on any atom is -0.494 e. The van der Waals surface area contributed by atoms with Crippen LogP contribution in [0.1, 0.15) is 15.9 Å². The normalized spacial score (nSPS) is 10.6. The first-order chi connectivity index (χ1) is 10.5. The quantitative estimate of drug-likeness (QED) is 0.366. The van der Waals surface area contributed by atoms with Gasteiger partial charge in [0.05, 0.1) is 12.0 Å². The van der Waals surface area contributed by atoms with E-state index in [1.54, 1.807) is 6.07 Å². The first-order valence-corrected chi connectivity index (χ1v) is 6.31. The maximum Gasteiger partial charge on any atom is 0.269 e. The summed E-state index contributed by atoms with van der Waals surface area (Å²) < 4.78 is 18.3. The van der Waals surface area contributed by atoms with E-state index in [2.05, 4.69) is 0 Å². The average Bonchev–Trinajstić information content (AvgIpc) is 2.52. The fraction of sp³-hybridized carbons (Fsp3) is 0.0625. The Labute approximate surface area is 125 Å². The lowest BCUT2D eigenvalue weighted by Gasteiger charge is -2.01. The van der Waals surface area contributed by atoms with E-state index in [0.717, 1.165) is 0 Å². The summed E-state index contributed by atoms with van der Waals surface area (Å²) in [6.45, 7) is 0. The number of carbonyl (C=O) groups excluding carboxylic acids is 1. The lowest BCUT2D eigenvalue weighted by molar-refractivity contribution is -0.384. The highest BCUT2D eigenvalue weighted by Gasteiger charge is 2.07. The van der Waals surface area contributed by atoms with E-state index < -0.39 is 10.7 Å². The van der Waals surface area contributed by atoms with E-state index >= 15 is 0 Å². The topological polar surface area (TPSA) is 69.4 Å². The molecule has 112 valence electrons. The molecular weight excluding hydrogens is 289 g/mol. The summed E-state index contributed by atoms with van der Waals surface area (Å²) in [7, 11) is 1.37. The molecule has 0 aromatic heterocycles. The van der Waals surface area contributed by atoms with Gasteiger partial charge >= 0.3 is 0 Å². The Hall–Kier alpha value is -3.02. The van der Waals surface area contributed by atoms with Gasteiger partial charge in [-0.05, 0) is 35.9 Å². The molecule has 22 heavy (non-hydrogen) atoms. The Morgan fingerprint density at radius 2 is 1.91 bits per heavy atom. The summed E-state index contributed by atoms with van der Waals surface area (Å²) in [4.78, 5) is 21.9. The van der Waals surface area contributed by atoms with Crippen LogP contribution in [0.4, 0.5) is 10.1 Å².